The van der Waals surface area contributed by atoms with Crippen LogP contribution in [0, 0.1) is 5.41 Å². The third-order valence-electron chi connectivity index (χ3n) is 3.26. The van der Waals surface area contributed by atoms with Crippen LogP contribution in [0.5, 0.6) is 0 Å². The lowest BCUT2D eigenvalue weighted by Crippen LogP contribution is -2.44. The Morgan fingerprint density at radius 3 is 2.42 bits per heavy atom. The Hall–Kier alpha value is -1.02. The minimum atomic E-state index is 0.0390. The van der Waals surface area contributed by atoms with Crippen molar-refractivity contribution < 1.29 is 4.79 Å². The van der Waals surface area contributed by atoms with Gasteiger partial charge < -0.3 is 5.32 Å². The van der Waals surface area contributed by atoms with Crippen molar-refractivity contribution in [1.82, 2.24) is 5.32 Å². The van der Waals surface area contributed by atoms with Crippen LogP contribution in [0.4, 0.5) is 0 Å². The fourth-order valence-corrected chi connectivity index (χ4v) is 2.22. The van der Waals surface area contributed by atoms with Crippen molar-refractivity contribution in [3.05, 3.63) is 35.9 Å². The van der Waals surface area contributed by atoms with Crippen LogP contribution < -0.4 is 5.32 Å². The zero-order valence-corrected chi connectivity index (χ0v) is 12.8. The SMILES string of the molecule is CC(C)(C)C(CCCl)NC(=O)CCc1ccccc1. The van der Waals surface area contributed by atoms with Crippen LogP contribution in [0.15, 0.2) is 30.3 Å². The summed E-state index contributed by atoms with van der Waals surface area (Å²) in [5.41, 5.74) is 1.24. The van der Waals surface area contributed by atoms with Gasteiger partial charge in [0.2, 0.25) is 5.91 Å². The van der Waals surface area contributed by atoms with E-state index in [1.54, 1.807) is 0 Å². The number of carbonyl (C=O) groups is 1. The van der Waals surface area contributed by atoms with E-state index in [0.29, 0.717) is 12.3 Å². The lowest BCUT2D eigenvalue weighted by molar-refractivity contribution is -0.122. The van der Waals surface area contributed by atoms with Crippen molar-refractivity contribution >= 4 is 17.5 Å². The summed E-state index contributed by atoms with van der Waals surface area (Å²) in [7, 11) is 0. The second-order valence-corrected chi connectivity index (χ2v) is 6.33. The molecule has 1 N–H and O–H groups in total. The minimum Gasteiger partial charge on any atom is -0.353 e. The molecule has 0 saturated heterocycles. The van der Waals surface area contributed by atoms with Gasteiger partial charge in [0.05, 0.1) is 0 Å². The highest BCUT2D eigenvalue weighted by atomic mass is 35.5. The fourth-order valence-electron chi connectivity index (χ4n) is 2.00. The monoisotopic (exact) mass is 281 g/mol. The van der Waals surface area contributed by atoms with Crippen LogP contribution >= 0.6 is 11.6 Å². The van der Waals surface area contributed by atoms with Gasteiger partial charge in [-0.05, 0) is 23.8 Å². The maximum Gasteiger partial charge on any atom is 0.220 e. The number of aryl methyl sites for hydroxylation is 1. The highest BCUT2D eigenvalue weighted by molar-refractivity contribution is 6.17. The van der Waals surface area contributed by atoms with Gasteiger partial charge in [-0.15, -0.1) is 11.6 Å². The largest absolute Gasteiger partial charge is 0.353 e. The molecule has 0 aromatic heterocycles. The third kappa shape index (κ3) is 6.11. The number of nitrogens with one attached hydrogen (secondary N) is 1. The third-order valence-corrected chi connectivity index (χ3v) is 3.48. The Morgan fingerprint density at radius 2 is 1.89 bits per heavy atom. The van der Waals surface area contributed by atoms with Crippen LogP contribution in [-0.4, -0.2) is 17.8 Å². The van der Waals surface area contributed by atoms with E-state index in [4.69, 9.17) is 11.6 Å². The molecule has 2 nitrogen and oxygen atoms in total. The normalized spacial score (nSPS) is 13.1. The zero-order chi connectivity index (χ0) is 14.3. The number of benzene rings is 1. The van der Waals surface area contributed by atoms with Crippen molar-refractivity contribution in [2.24, 2.45) is 5.41 Å². The Labute approximate surface area is 121 Å². The van der Waals surface area contributed by atoms with Gasteiger partial charge in [0, 0.05) is 18.3 Å². The standard InChI is InChI=1S/C16H24ClNO/c1-16(2,3)14(11-12-17)18-15(19)10-9-13-7-5-4-6-8-13/h4-8,14H,9-12H2,1-3H3,(H,18,19). The van der Waals surface area contributed by atoms with Gasteiger partial charge in [-0.1, -0.05) is 51.1 Å². The molecule has 0 fully saturated rings. The molecule has 1 aromatic rings. The Morgan fingerprint density at radius 1 is 1.26 bits per heavy atom. The predicted octanol–water partition coefficient (Wildman–Crippen LogP) is 3.78. The summed E-state index contributed by atoms with van der Waals surface area (Å²) in [5.74, 6) is 0.676. The molecule has 106 valence electrons. The molecule has 0 bridgehead atoms. The van der Waals surface area contributed by atoms with Gasteiger partial charge >= 0.3 is 0 Å². The Balaban J connectivity index is 2.45. The summed E-state index contributed by atoms with van der Waals surface area (Å²) in [6, 6.07) is 10.2. The van der Waals surface area contributed by atoms with Crippen LogP contribution in [0.3, 0.4) is 0 Å². The van der Waals surface area contributed by atoms with Crippen LogP contribution in [-0.2, 0) is 11.2 Å². The molecule has 0 aliphatic rings. The lowest BCUT2D eigenvalue weighted by Gasteiger charge is -2.31. The molecular formula is C16H24ClNO. The van der Waals surface area contributed by atoms with Gasteiger partial charge in [-0.2, -0.15) is 0 Å². The van der Waals surface area contributed by atoms with E-state index in [0.717, 1.165) is 12.8 Å². The summed E-state index contributed by atoms with van der Waals surface area (Å²) in [4.78, 5) is 12.0. The fraction of sp³-hybridized carbons (Fsp3) is 0.562. The highest BCUT2D eigenvalue weighted by Gasteiger charge is 2.25. The predicted molar refractivity (Wildman–Crippen MR) is 81.5 cm³/mol. The molecule has 1 unspecified atom stereocenters. The van der Waals surface area contributed by atoms with Crippen LogP contribution in [0.2, 0.25) is 0 Å². The second-order valence-electron chi connectivity index (χ2n) is 5.95. The molecule has 0 radical (unpaired) electrons. The van der Waals surface area contributed by atoms with Gasteiger partial charge in [0.1, 0.15) is 0 Å². The first-order valence-corrected chi connectivity index (χ1v) is 7.36. The first-order chi connectivity index (χ1) is 8.93. The number of hydrogen-bond acceptors (Lipinski definition) is 1. The number of hydrogen-bond donors (Lipinski definition) is 1. The van der Waals surface area contributed by atoms with Gasteiger partial charge in [-0.25, -0.2) is 0 Å². The first kappa shape index (κ1) is 16.0. The Bertz CT molecular complexity index is 383. The smallest absolute Gasteiger partial charge is 0.220 e. The van der Waals surface area contributed by atoms with E-state index in [-0.39, 0.29) is 17.4 Å². The second kappa shape index (κ2) is 7.54. The number of alkyl halides is 1. The zero-order valence-electron chi connectivity index (χ0n) is 12.1. The van der Waals surface area contributed by atoms with E-state index in [1.165, 1.54) is 5.56 Å². The van der Waals surface area contributed by atoms with Crippen LogP contribution in [0.1, 0.15) is 39.2 Å². The van der Waals surface area contributed by atoms with E-state index >= 15 is 0 Å². The molecule has 0 spiro atoms. The van der Waals surface area contributed by atoms with Gasteiger partial charge in [0.25, 0.3) is 0 Å². The summed E-state index contributed by atoms with van der Waals surface area (Å²) < 4.78 is 0. The van der Waals surface area contributed by atoms with Crippen molar-refractivity contribution in [3.63, 3.8) is 0 Å². The van der Waals surface area contributed by atoms with Crippen molar-refractivity contribution in [1.29, 1.82) is 0 Å². The minimum absolute atomic E-state index is 0.0390. The number of amides is 1. The quantitative estimate of drug-likeness (QED) is 0.790. The summed E-state index contributed by atoms with van der Waals surface area (Å²) in [6.45, 7) is 6.38. The topological polar surface area (TPSA) is 29.1 Å². The van der Waals surface area contributed by atoms with Gasteiger partial charge in [-0.3, -0.25) is 4.79 Å². The maximum atomic E-state index is 12.0. The molecule has 1 atom stereocenters. The number of halogens is 1. The molecule has 1 aromatic carbocycles. The van der Waals surface area contributed by atoms with Crippen molar-refractivity contribution in [2.75, 3.05) is 5.88 Å². The molecule has 0 heterocycles. The summed E-state index contributed by atoms with van der Waals surface area (Å²) in [5, 5.41) is 3.10. The van der Waals surface area contributed by atoms with E-state index in [1.807, 2.05) is 30.3 Å². The lowest BCUT2D eigenvalue weighted by atomic mass is 9.85. The van der Waals surface area contributed by atoms with E-state index in [9.17, 15) is 4.79 Å². The molecule has 19 heavy (non-hydrogen) atoms. The van der Waals surface area contributed by atoms with Crippen LogP contribution in [0.25, 0.3) is 0 Å². The molecule has 0 aliphatic carbocycles. The summed E-state index contributed by atoms with van der Waals surface area (Å²) in [6.07, 6.45) is 2.12. The first-order valence-electron chi connectivity index (χ1n) is 6.82. The summed E-state index contributed by atoms with van der Waals surface area (Å²) >= 11 is 5.81. The van der Waals surface area contributed by atoms with E-state index in [2.05, 4.69) is 26.1 Å². The highest BCUT2D eigenvalue weighted by Crippen LogP contribution is 2.22. The average molecular weight is 282 g/mol. The van der Waals surface area contributed by atoms with E-state index < -0.39 is 0 Å². The maximum absolute atomic E-state index is 12.0. The molecule has 1 amide bonds. The number of carbonyl (C=O) groups excluding carboxylic acids is 1. The molecule has 3 heteroatoms. The molecule has 1 rings (SSSR count). The van der Waals surface area contributed by atoms with Crippen molar-refractivity contribution in [3.8, 4) is 0 Å². The van der Waals surface area contributed by atoms with Gasteiger partial charge in [0.15, 0.2) is 0 Å². The average Bonchev–Trinajstić information content (AvgIpc) is 2.36. The Kier molecular flexibility index (Phi) is 6.36. The molecule has 0 aliphatic heterocycles. The van der Waals surface area contributed by atoms with Crippen molar-refractivity contribution in [2.45, 2.75) is 46.1 Å². The molecule has 0 saturated carbocycles. The number of rotatable bonds is 6. The molecular weight excluding hydrogens is 258 g/mol.